The van der Waals surface area contributed by atoms with Crippen molar-refractivity contribution < 1.29 is 36.0 Å². The Bertz CT molecular complexity index is 1960. The summed E-state index contributed by atoms with van der Waals surface area (Å²) in [5.41, 5.74) is 0.0948. The molecule has 2 fully saturated rings. The number of pyridine rings is 2. The van der Waals surface area contributed by atoms with E-state index in [1.165, 1.54) is 24.0 Å². The summed E-state index contributed by atoms with van der Waals surface area (Å²) in [7, 11) is -2.50. The van der Waals surface area contributed by atoms with Crippen molar-refractivity contribution in [3.05, 3.63) is 58.3 Å². The topological polar surface area (TPSA) is 184 Å². The van der Waals surface area contributed by atoms with E-state index in [1.807, 2.05) is 0 Å². The van der Waals surface area contributed by atoms with Crippen molar-refractivity contribution in [3.63, 3.8) is 0 Å². The Hall–Kier alpha value is -4.85. The molecule has 2 aliphatic rings. The van der Waals surface area contributed by atoms with E-state index in [0.717, 1.165) is 23.0 Å². The number of nitrogens with one attached hydrogen (secondary N) is 1. The number of alkyl halides is 3. The second-order valence-electron chi connectivity index (χ2n) is 12.2. The number of sulfonamides is 1. The molecule has 1 saturated carbocycles. The Morgan fingerprint density at radius 2 is 1.74 bits per heavy atom. The first-order valence-corrected chi connectivity index (χ1v) is 17.6. The predicted octanol–water partition coefficient (Wildman–Crippen LogP) is 4.25. The Morgan fingerprint density at radius 3 is 2.34 bits per heavy atom. The number of nitro groups is 1. The maximum Gasteiger partial charge on any atom is 0.434 e. The van der Waals surface area contributed by atoms with Crippen LogP contribution in [-0.2, 0) is 28.0 Å². The maximum absolute atomic E-state index is 13.2. The Balaban J connectivity index is 1.28. The van der Waals surface area contributed by atoms with E-state index in [4.69, 9.17) is 14.5 Å². The Kier molecular flexibility index (Phi) is 9.67. The molecule has 1 unspecified atom stereocenters. The number of hydrogen-bond acceptors (Lipinski definition) is 13. The lowest BCUT2D eigenvalue weighted by Gasteiger charge is -2.31. The summed E-state index contributed by atoms with van der Waals surface area (Å²) in [6.07, 6.45) is 2.85. The predicted molar refractivity (Wildman–Crippen MR) is 175 cm³/mol. The summed E-state index contributed by atoms with van der Waals surface area (Å²) >= 11 is 0. The first-order chi connectivity index (χ1) is 23.7. The van der Waals surface area contributed by atoms with E-state index in [0.29, 0.717) is 74.4 Å². The van der Waals surface area contributed by atoms with Crippen molar-refractivity contribution in [2.75, 3.05) is 47.1 Å². The third-order valence-corrected chi connectivity index (χ3v) is 10.0. The van der Waals surface area contributed by atoms with Crippen LogP contribution in [0.5, 0.6) is 5.88 Å². The highest BCUT2D eigenvalue weighted by atomic mass is 32.2. The fraction of sp³-hybridized carbons (Fsp3) is 0.500. The van der Waals surface area contributed by atoms with Gasteiger partial charge in [-0.05, 0) is 43.6 Å². The van der Waals surface area contributed by atoms with Crippen LogP contribution in [0.1, 0.15) is 49.9 Å². The Labute approximate surface area is 284 Å². The minimum Gasteiger partial charge on any atom is -0.474 e. The number of imidazole rings is 1. The molecule has 1 atom stereocenters. The van der Waals surface area contributed by atoms with Gasteiger partial charge in [-0.15, -0.1) is 0 Å². The van der Waals surface area contributed by atoms with Crippen LogP contribution in [0.25, 0.3) is 10.9 Å². The van der Waals surface area contributed by atoms with E-state index in [9.17, 15) is 31.7 Å². The normalized spacial score (nSPS) is 19.3. The highest BCUT2D eigenvalue weighted by Gasteiger charge is 2.34. The highest BCUT2D eigenvalue weighted by Crippen LogP contribution is 2.37. The van der Waals surface area contributed by atoms with Crippen LogP contribution in [0.2, 0.25) is 0 Å². The van der Waals surface area contributed by atoms with Crippen molar-refractivity contribution in [3.8, 4) is 5.88 Å². The minimum absolute atomic E-state index is 0.0862. The van der Waals surface area contributed by atoms with Gasteiger partial charge in [-0.25, -0.2) is 23.0 Å². The monoisotopic (exact) mass is 720 g/mol. The van der Waals surface area contributed by atoms with Crippen LogP contribution >= 0.6 is 0 Å². The van der Waals surface area contributed by atoms with E-state index < -0.39 is 38.7 Å². The molecule has 1 aliphatic heterocycles. The number of ether oxygens (including phenoxy) is 2. The molecule has 1 aliphatic carbocycles. The zero-order valence-corrected chi connectivity index (χ0v) is 28.2. The molecule has 50 heavy (non-hydrogen) atoms. The first kappa shape index (κ1) is 35.0. The molecule has 5 heterocycles. The van der Waals surface area contributed by atoms with Crippen LogP contribution in [0.3, 0.4) is 0 Å². The number of nitrogens with zero attached hydrogens (tertiary/aromatic N) is 9. The molecule has 0 aromatic carbocycles. The smallest absolute Gasteiger partial charge is 0.434 e. The number of anilines is 3. The van der Waals surface area contributed by atoms with Gasteiger partial charge in [0.2, 0.25) is 21.9 Å². The molecule has 1 N–H and O–H groups in total. The standard InChI is InChI=1S/C30H35F3N10O6S/c1-18(25-17-37-29(40(25)2)43(44)45)42(50(3,46)47)21-12-23-24(34-16-21)13-26(41-8-10-48-11-9-41)39-27(23)49-22-6-4-20(5-7-22)38-28-35-14-19(15-36-28)30(31,32)33/h12-18,20,22H,4-11H2,1-3H3,(H,35,36,38). The van der Waals surface area contributed by atoms with Crippen molar-refractivity contribution in [1.82, 2.24) is 29.5 Å². The van der Waals surface area contributed by atoms with E-state index in [2.05, 4.69) is 30.2 Å². The van der Waals surface area contributed by atoms with Gasteiger partial charge in [0.1, 0.15) is 23.8 Å². The molecule has 268 valence electrons. The highest BCUT2D eigenvalue weighted by molar-refractivity contribution is 7.92. The van der Waals surface area contributed by atoms with Gasteiger partial charge in [0.05, 0.1) is 60.9 Å². The fourth-order valence-corrected chi connectivity index (χ4v) is 7.41. The second kappa shape index (κ2) is 13.8. The summed E-state index contributed by atoms with van der Waals surface area (Å²) < 4.78 is 79.5. The lowest BCUT2D eigenvalue weighted by molar-refractivity contribution is -0.396. The largest absolute Gasteiger partial charge is 0.474 e. The van der Waals surface area contributed by atoms with Crippen molar-refractivity contribution in [1.29, 1.82) is 0 Å². The summed E-state index contributed by atoms with van der Waals surface area (Å²) in [6, 6.07) is 2.46. The van der Waals surface area contributed by atoms with Crippen molar-refractivity contribution in [2.24, 2.45) is 7.05 Å². The number of hydrogen-bond donors (Lipinski definition) is 1. The summed E-state index contributed by atoms with van der Waals surface area (Å²) in [5, 5.41) is 15.0. The number of rotatable bonds is 10. The quantitative estimate of drug-likeness (QED) is 0.181. The number of morpholine rings is 1. The average molecular weight is 721 g/mol. The molecule has 0 spiro atoms. The third-order valence-electron chi connectivity index (χ3n) is 8.77. The molecular weight excluding hydrogens is 685 g/mol. The van der Waals surface area contributed by atoms with E-state index in [-0.39, 0.29) is 29.7 Å². The summed E-state index contributed by atoms with van der Waals surface area (Å²) in [4.78, 5) is 33.8. The van der Waals surface area contributed by atoms with Gasteiger partial charge in [0.25, 0.3) is 0 Å². The van der Waals surface area contributed by atoms with Gasteiger partial charge in [0.15, 0.2) is 0 Å². The molecule has 20 heteroatoms. The molecule has 16 nitrogen and oxygen atoms in total. The zero-order chi connectivity index (χ0) is 35.8. The van der Waals surface area contributed by atoms with E-state index >= 15 is 0 Å². The summed E-state index contributed by atoms with van der Waals surface area (Å²) in [6.45, 7) is 3.86. The van der Waals surface area contributed by atoms with E-state index in [1.54, 1.807) is 19.1 Å². The molecule has 0 radical (unpaired) electrons. The SMILES string of the molecule is CC(c1cnc([N+](=O)[O-])n1C)N(c1cnc2cc(N3CCOCC3)nc(OC3CCC(Nc4ncc(C(F)(F)F)cn4)CC3)c2c1)S(C)(=O)=O. The Morgan fingerprint density at radius 1 is 1.06 bits per heavy atom. The molecule has 6 rings (SSSR count). The average Bonchev–Trinajstić information content (AvgIpc) is 3.47. The maximum atomic E-state index is 13.2. The second-order valence-corrected chi connectivity index (χ2v) is 14.1. The third kappa shape index (κ3) is 7.49. The van der Waals surface area contributed by atoms with Gasteiger partial charge in [-0.3, -0.25) is 9.29 Å². The first-order valence-electron chi connectivity index (χ1n) is 15.8. The lowest BCUT2D eigenvalue weighted by atomic mass is 9.93. The van der Waals surface area contributed by atoms with Crippen molar-refractivity contribution >= 4 is 44.3 Å². The van der Waals surface area contributed by atoms with Crippen LogP contribution in [0, 0.1) is 10.1 Å². The van der Waals surface area contributed by atoms with Gasteiger partial charge >= 0.3 is 12.1 Å². The van der Waals surface area contributed by atoms with Gasteiger partial charge < -0.3 is 29.8 Å². The van der Waals surface area contributed by atoms with Crippen LogP contribution in [0.4, 0.5) is 36.6 Å². The molecule has 1 saturated heterocycles. The fourth-order valence-electron chi connectivity index (χ4n) is 6.24. The summed E-state index contributed by atoms with van der Waals surface area (Å²) in [5.74, 6) is 0.570. The van der Waals surface area contributed by atoms with Crippen LogP contribution < -0.4 is 19.3 Å². The number of fused-ring (bicyclic) bond motifs is 1. The lowest BCUT2D eigenvalue weighted by Crippen LogP contribution is -2.37. The van der Waals surface area contributed by atoms with Crippen molar-refractivity contribution in [2.45, 2.75) is 57.0 Å². The molecule has 0 amide bonds. The van der Waals surface area contributed by atoms with Gasteiger partial charge in [-0.1, -0.05) is 4.98 Å². The molecule has 4 aromatic heterocycles. The zero-order valence-electron chi connectivity index (χ0n) is 27.4. The van der Waals surface area contributed by atoms with Crippen LogP contribution in [-0.4, -0.2) is 87.5 Å². The van der Waals surface area contributed by atoms with Crippen LogP contribution in [0.15, 0.2) is 36.9 Å². The van der Waals surface area contributed by atoms with Gasteiger partial charge in [-0.2, -0.15) is 18.2 Å². The number of aromatic nitrogens is 6. The van der Waals surface area contributed by atoms with Gasteiger partial charge in [0, 0.05) is 37.6 Å². The minimum atomic E-state index is -4.52. The molecule has 4 aromatic rings. The number of halogens is 3. The molecule has 0 bridgehead atoms. The molecular formula is C30H35F3N10O6S.